The van der Waals surface area contributed by atoms with Gasteiger partial charge in [-0.3, -0.25) is 9.59 Å². The van der Waals surface area contributed by atoms with E-state index < -0.39 is 10.0 Å². The minimum Gasteiger partial charge on any atom is -0.322 e. The normalized spacial score (nSPS) is 15.9. The molecule has 0 aliphatic carbocycles. The maximum absolute atomic E-state index is 12.7. The Labute approximate surface area is 165 Å². The molecule has 1 aliphatic rings. The molecule has 0 aromatic heterocycles. The van der Waals surface area contributed by atoms with Crippen LogP contribution in [0, 0.1) is 0 Å². The van der Waals surface area contributed by atoms with Crippen molar-refractivity contribution in [3.63, 3.8) is 0 Å². The Balaban J connectivity index is 1.72. The van der Waals surface area contributed by atoms with Gasteiger partial charge < -0.3 is 10.2 Å². The highest BCUT2D eigenvalue weighted by molar-refractivity contribution is 7.89. The number of nitrogens with zero attached hydrogens (tertiary/aromatic N) is 2. The number of benzene rings is 2. The lowest BCUT2D eigenvalue weighted by atomic mass is 10.1. The first kappa shape index (κ1) is 20.2. The molecule has 0 unspecified atom stereocenters. The summed E-state index contributed by atoms with van der Waals surface area (Å²) in [6, 6.07) is 12.6. The molecule has 1 heterocycles. The van der Waals surface area contributed by atoms with Crippen molar-refractivity contribution < 1.29 is 18.0 Å². The fourth-order valence-corrected chi connectivity index (χ4v) is 4.40. The van der Waals surface area contributed by atoms with E-state index in [1.807, 2.05) is 7.05 Å². The Morgan fingerprint density at radius 1 is 0.929 bits per heavy atom. The predicted octanol–water partition coefficient (Wildman–Crippen LogP) is 2.08. The highest BCUT2D eigenvalue weighted by Gasteiger charge is 2.27. The van der Waals surface area contributed by atoms with Crippen LogP contribution in [0.15, 0.2) is 53.4 Å². The van der Waals surface area contributed by atoms with E-state index in [1.54, 1.807) is 24.3 Å². The number of nitrogens with one attached hydrogen (secondary N) is 1. The SMILES string of the molecule is CC(=O)c1cccc(NC(=O)c2ccc(S(=O)(=O)N3CCN(C)CC3)cc2)c1. The van der Waals surface area contributed by atoms with Crippen LogP contribution >= 0.6 is 0 Å². The zero-order valence-electron chi connectivity index (χ0n) is 15.9. The molecule has 0 radical (unpaired) electrons. The van der Waals surface area contributed by atoms with Crippen LogP contribution < -0.4 is 5.32 Å². The molecule has 1 saturated heterocycles. The van der Waals surface area contributed by atoms with Crippen LogP contribution in [0.3, 0.4) is 0 Å². The van der Waals surface area contributed by atoms with Gasteiger partial charge in [0.25, 0.3) is 5.91 Å². The van der Waals surface area contributed by atoms with Gasteiger partial charge in [-0.15, -0.1) is 0 Å². The molecule has 148 valence electrons. The Morgan fingerprint density at radius 2 is 1.57 bits per heavy atom. The molecule has 1 amide bonds. The summed E-state index contributed by atoms with van der Waals surface area (Å²) in [5.74, 6) is -0.459. The smallest absolute Gasteiger partial charge is 0.255 e. The maximum Gasteiger partial charge on any atom is 0.255 e. The number of likely N-dealkylation sites (N-methyl/N-ethyl adjacent to an activating group) is 1. The number of carbonyl (C=O) groups excluding carboxylic acids is 2. The van der Waals surface area contributed by atoms with Gasteiger partial charge in [0.05, 0.1) is 4.90 Å². The number of hydrogen-bond donors (Lipinski definition) is 1. The molecule has 7 nitrogen and oxygen atoms in total. The fraction of sp³-hybridized carbons (Fsp3) is 0.300. The zero-order chi connectivity index (χ0) is 20.3. The lowest BCUT2D eigenvalue weighted by Gasteiger charge is -2.31. The number of rotatable bonds is 5. The van der Waals surface area contributed by atoms with Gasteiger partial charge in [0.2, 0.25) is 10.0 Å². The number of piperazine rings is 1. The molecule has 1 aliphatic heterocycles. The highest BCUT2D eigenvalue weighted by Crippen LogP contribution is 2.19. The molecule has 2 aromatic carbocycles. The molecule has 1 N–H and O–H groups in total. The molecule has 0 spiro atoms. The van der Waals surface area contributed by atoms with E-state index >= 15 is 0 Å². The Kier molecular flexibility index (Phi) is 5.93. The second kappa shape index (κ2) is 8.22. The van der Waals surface area contributed by atoms with E-state index in [-0.39, 0.29) is 16.6 Å². The number of ketones is 1. The number of sulfonamides is 1. The van der Waals surface area contributed by atoms with Gasteiger partial charge in [0, 0.05) is 43.0 Å². The predicted molar refractivity (Wildman–Crippen MR) is 107 cm³/mol. The number of carbonyl (C=O) groups is 2. The first-order valence-corrected chi connectivity index (χ1v) is 10.4. The molecule has 2 aromatic rings. The standard InChI is InChI=1S/C20H23N3O4S/c1-15(24)17-4-3-5-18(14-17)21-20(25)16-6-8-19(9-7-16)28(26,27)23-12-10-22(2)11-13-23/h3-9,14H,10-13H2,1-2H3,(H,21,25). The molecular formula is C20H23N3O4S. The van der Waals surface area contributed by atoms with Crippen molar-refractivity contribution in [2.45, 2.75) is 11.8 Å². The van der Waals surface area contributed by atoms with Crippen molar-refractivity contribution in [3.8, 4) is 0 Å². The van der Waals surface area contributed by atoms with Crippen molar-refractivity contribution in [1.29, 1.82) is 0 Å². The summed E-state index contributed by atoms with van der Waals surface area (Å²) in [6.07, 6.45) is 0. The van der Waals surface area contributed by atoms with Crippen LogP contribution in [-0.4, -0.2) is 62.5 Å². The van der Waals surface area contributed by atoms with E-state index in [4.69, 9.17) is 0 Å². The summed E-state index contributed by atoms with van der Waals surface area (Å²) < 4.78 is 27.0. The molecule has 1 fully saturated rings. The topological polar surface area (TPSA) is 86.8 Å². The monoisotopic (exact) mass is 401 g/mol. The molecule has 0 saturated carbocycles. The number of amides is 1. The zero-order valence-corrected chi connectivity index (χ0v) is 16.7. The minimum atomic E-state index is -3.56. The van der Waals surface area contributed by atoms with Crippen molar-refractivity contribution in [3.05, 3.63) is 59.7 Å². The molecule has 0 bridgehead atoms. The number of Topliss-reactive ketones (excluding diaryl/α,β-unsaturated/α-hetero) is 1. The molecule has 8 heteroatoms. The third kappa shape index (κ3) is 4.46. The van der Waals surface area contributed by atoms with Crippen LogP contribution in [0.25, 0.3) is 0 Å². The highest BCUT2D eigenvalue weighted by atomic mass is 32.2. The first-order chi connectivity index (χ1) is 13.3. The molecular weight excluding hydrogens is 378 g/mol. The van der Waals surface area contributed by atoms with Crippen LogP contribution in [0.1, 0.15) is 27.6 Å². The average molecular weight is 401 g/mol. The van der Waals surface area contributed by atoms with Gasteiger partial charge in [-0.1, -0.05) is 12.1 Å². The Morgan fingerprint density at radius 3 is 2.18 bits per heavy atom. The van der Waals surface area contributed by atoms with E-state index in [9.17, 15) is 18.0 Å². The van der Waals surface area contributed by atoms with E-state index in [0.29, 0.717) is 43.0 Å². The minimum absolute atomic E-state index is 0.0884. The van der Waals surface area contributed by atoms with Crippen molar-refractivity contribution in [1.82, 2.24) is 9.21 Å². The van der Waals surface area contributed by atoms with Crippen molar-refractivity contribution in [2.24, 2.45) is 0 Å². The van der Waals surface area contributed by atoms with E-state index in [0.717, 1.165) is 0 Å². The molecule has 28 heavy (non-hydrogen) atoms. The molecule has 3 rings (SSSR count). The van der Waals surface area contributed by atoms with Gasteiger partial charge in [-0.05, 0) is 50.4 Å². The van der Waals surface area contributed by atoms with Crippen LogP contribution in [0.5, 0.6) is 0 Å². The maximum atomic E-state index is 12.7. The summed E-state index contributed by atoms with van der Waals surface area (Å²) >= 11 is 0. The molecule has 0 atom stereocenters. The summed E-state index contributed by atoms with van der Waals surface area (Å²) in [5.41, 5.74) is 1.35. The Bertz CT molecular complexity index is 979. The van der Waals surface area contributed by atoms with Gasteiger partial charge in [0.15, 0.2) is 5.78 Å². The average Bonchev–Trinajstić information content (AvgIpc) is 2.68. The van der Waals surface area contributed by atoms with Crippen molar-refractivity contribution in [2.75, 3.05) is 38.5 Å². The number of hydrogen-bond acceptors (Lipinski definition) is 5. The van der Waals surface area contributed by atoms with Gasteiger partial charge in [0.1, 0.15) is 0 Å². The van der Waals surface area contributed by atoms with E-state index in [1.165, 1.54) is 35.5 Å². The van der Waals surface area contributed by atoms with Gasteiger partial charge >= 0.3 is 0 Å². The summed E-state index contributed by atoms with van der Waals surface area (Å²) in [5, 5.41) is 2.72. The van der Waals surface area contributed by atoms with E-state index in [2.05, 4.69) is 10.2 Å². The van der Waals surface area contributed by atoms with Crippen LogP contribution in [0.2, 0.25) is 0 Å². The van der Waals surface area contributed by atoms with Crippen molar-refractivity contribution >= 4 is 27.4 Å². The lowest BCUT2D eigenvalue weighted by molar-refractivity contribution is 0.101. The summed E-state index contributed by atoms with van der Waals surface area (Å²) in [4.78, 5) is 26.1. The Hall–Kier alpha value is -2.55. The second-order valence-corrected chi connectivity index (χ2v) is 8.76. The first-order valence-electron chi connectivity index (χ1n) is 8.98. The largest absolute Gasteiger partial charge is 0.322 e. The third-order valence-electron chi connectivity index (χ3n) is 4.74. The third-order valence-corrected chi connectivity index (χ3v) is 6.66. The van der Waals surface area contributed by atoms with Gasteiger partial charge in [-0.25, -0.2) is 8.42 Å². The second-order valence-electron chi connectivity index (χ2n) is 6.82. The quantitative estimate of drug-likeness (QED) is 0.775. The number of anilines is 1. The van der Waals surface area contributed by atoms with Gasteiger partial charge in [-0.2, -0.15) is 4.31 Å². The van der Waals surface area contributed by atoms with Crippen LogP contribution in [-0.2, 0) is 10.0 Å². The lowest BCUT2D eigenvalue weighted by Crippen LogP contribution is -2.47. The summed E-state index contributed by atoms with van der Waals surface area (Å²) in [7, 11) is -1.60. The van der Waals surface area contributed by atoms with Crippen LogP contribution in [0.4, 0.5) is 5.69 Å². The summed E-state index contributed by atoms with van der Waals surface area (Å²) in [6.45, 7) is 3.75. The fourth-order valence-electron chi connectivity index (χ4n) is 2.98.